The van der Waals surface area contributed by atoms with Crippen LogP contribution in [0.25, 0.3) is 0 Å². The van der Waals surface area contributed by atoms with Crippen LogP contribution in [-0.2, 0) is 0 Å². The van der Waals surface area contributed by atoms with Gasteiger partial charge in [-0.2, -0.15) is 0 Å². The first kappa shape index (κ1) is 14.8. The third-order valence-electron chi connectivity index (χ3n) is 2.72. The molecule has 0 unspecified atom stereocenters. The molecule has 0 aliphatic heterocycles. The van der Waals surface area contributed by atoms with Crippen molar-refractivity contribution in [3.05, 3.63) is 47.5 Å². The van der Waals surface area contributed by atoms with Gasteiger partial charge in [-0.05, 0) is 12.1 Å². The van der Waals surface area contributed by atoms with E-state index in [1.165, 1.54) is 6.20 Å². The molecule has 5 nitrogen and oxygen atoms in total. The summed E-state index contributed by atoms with van der Waals surface area (Å²) in [4.78, 5) is 19.2. The maximum Gasteiger partial charge on any atom is 0.356 e. The fourth-order valence-corrected chi connectivity index (χ4v) is 1.67. The van der Waals surface area contributed by atoms with Crippen LogP contribution in [0.5, 0.6) is 0 Å². The van der Waals surface area contributed by atoms with Gasteiger partial charge in [0.1, 0.15) is 17.5 Å². The number of carboxylic acids is 1. The van der Waals surface area contributed by atoms with Crippen LogP contribution in [0.4, 0.5) is 20.2 Å². The summed E-state index contributed by atoms with van der Waals surface area (Å²) in [6.45, 7) is 3.64. The fourth-order valence-electron chi connectivity index (χ4n) is 1.67. The van der Waals surface area contributed by atoms with Gasteiger partial charge in [0.2, 0.25) is 0 Å². The molecule has 7 heteroatoms. The van der Waals surface area contributed by atoms with Gasteiger partial charge in [0.15, 0.2) is 5.69 Å². The van der Waals surface area contributed by atoms with E-state index in [1.54, 1.807) is 0 Å². The molecule has 2 N–H and O–H groups in total. The summed E-state index contributed by atoms with van der Waals surface area (Å²) in [5, 5.41) is 11.7. The normalized spacial score (nSPS) is 10.7. The summed E-state index contributed by atoms with van der Waals surface area (Å²) in [5.74, 6) is -2.32. The minimum Gasteiger partial charge on any atom is -0.476 e. The smallest absolute Gasteiger partial charge is 0.356 e. The van der Waals surface area contributed by atoms with Crippen molar-refractivity contribution in [1.29, 1.82) is 0 Å². The Morgan fingerprint density at radius 1 is 1.29 bits per heavy atom. The van der Waals surface area contributed by atoms with Crippen LogP contribution in [0.2, 0.25) is 0 Å². The first-order valence-corrected chi connectivity index (χ1v) is 6.20. The van der Waals surface area contributed by atoms with E-state index in [0.29, 0.717) is 5.82 Å². The van der Waals surface area contributed by atoms with E-state index in [0.717, 1.165) is 18.2 Å². The predicted molar refractivity (Wildman–Crippen MR) is 72.7 cm³/mol. The highest BCUT2D eigenvalue weighted by Crippen LogP contribution is 2.23. The monoisotopic (exact) mass is 293 g/mol. The summed E-state index contributed by atoms with van der Waals surface area (Å²) in [7, 11) is 0. The maximum absolute atomic E-state index is 13.6. The summed E-state index contributed by atoms with van der Waals surface area (Å²) >= 11 is 0. The van der Waals surface area contributed by atoms with Crippen molar-refractivity contribution in [1.82, 2.24) is 9.97 Å². The highest BCUT2D eigenvalue weighted by atomic mass is 19.1. The maximum atomic E-state index is 13.6. The summed E-state index contributed by atoms with van der Waals surface area (Å²) in [6, 6.07) is 2.84. The molecule has 1 aromatic carbocycles. The topological polar surface area (TPSA) is 75.1 Å². The van der Waals surface area contributed by atoms with Crippen molar-refractivity contribution in [2.75, 3.05) is 5.32 Å². The molecule has 0 aliphatic carbocycles. The number of carboxylic acid groups (broad SMARTS) is 1. The number of nitrogens with one attached hydrogen (secondary N) is 1. The molecule has 1 heterocycles. The molecule has 0 aliphatic rings. The number of nitrogens with zero attached hydrogens (tertiary/aromatic N) is 2. The molecule has 0 saturated heterocycles. The molecule has 0 bridgehead atoms. The minimum atomic E-state index is -1.28. The number of benzene rings is 1. The van der Waals surface area contributed by atoms with Crippen LogP contribution >= 0.6 is 0 Å². The molecular formula is C14H13F2N3O2. The summed E-state index contributed by atoms with van der Waals surface area (Å²) < 4.78 is 26.7. The number of anilines is 2. The van der Waals surface area contributed by atoms with Gasteiger partial charge >= 0.3 is 5.97 Å². The van der Waals surface area contributed by atoms with Crippen LogP contribution in [0.15, 0.2) is 24.4 Å². The Hall–Kier alpha value is -2.57. The fraction of sp³-hybridized carbons (Fsp3) is 0.214. The molecule has 2 aromatic rings. The number of carbonyl (C=O) groups is 1. The lowest BCUT2D eigenvalue weighted by atomic mass is 10.2. The van der Waals surface area contributed by atoms with E-state index in [1.807, 2.05) is 13.8 Å². The second-order valence-electron chi connectivity index (χ2n) is 4.70. The number of hydrogen-bond acceptors (Lipinski definition) is 4. The van der Waals surface area contributed by atoms with Gasteiger partial charge in [0, 0.05) is 12.0 Å². The number of aromatic carboxylic acids is 1. The lowest BCUT2D eigenvalue weighted by Crippen LogP contribution is -2.10. The first-order valence-electron chi connectivity index (χ1n) is 6.20. The summed E-state index contributed by atoms with van der Waals surface area (Å²) in [6.07, 6.45) is 1.25. The van der Waals surface area contributed by atoms with Gasteiger partial charge < -0.3 is 10.4 Å². The Morgan fingerprint density at radius 2 is 2.00 bits per heavy atom. The molecule has 110 valence electrons. The molecule has 1 aromatic heterocycles. The van der Waals surface area contributed by atoms with E-state index in [9.17, 15) is 18.7 Å². The van der Waals surface area contributed by atoms with Crippen LogP contribution < -0.4 is 5.32 Å². The molecule has 0 amide bonds. The average molecular weight is 293 g/mol. The lowest BCUT2D eigenvalue weighted by Gasteiger charge is -2.11. The van der Waals surface area contributed by atoms with Gasteiger partial charge in [-0.25, -0.2) is 23.5 Å². The lowest BCUT2D eigenvalue weighted by molar-refractivity contribution is 0.0691. The molecule has 21 heavy (non-hydrogen) atoms. The highest BCUT2D eigenvalue weighted by molar-refractivity contribution is 5.92. The standard InChI is InChI=1S/C14H13F2N3O2/c1-7(2)13-17-6-11(12(19-13)14(20)21)18-10-5-8(15)3-4-9(10)16/h3-7,18H,1-2H3,(H,20,21). The SMILES string of the molecule is CC(C)c1ncc(Nc2cc(F)ccc2F)c(C(=O)O)n1. The van der Waals surface area contributed by atoms with Crippen LogP contribution in [0.1, 0.15) is 36.1 Å². The van der Waals surface area contributed by atoms with Crippen molar-refractivity contribution < 1.29 is 18.7 Å². The number of hydrogen-bond donors (Lipinski definition) is 2. The van der Waals surface area contributed by atoms with Gasteiger partial charge in [-0.3, -0.25) is 0 Å². The largest absolute Gasteiger partial charge is 0.476 e. The Kier molecular flexibility index (Phi) is 4.11. The number of aromatic nitrogens is 2. The van der Waals surface area contributed by atoms with E-state index in [-0.39, 0.29) is 23.0 Å². The van der Waals surface area contributed by atoms with Crippen molar-refractivity contribution in [2.45, 2.75) is 19.8 Å². The minimum absolute atomic E-state index is 0.00333. The zero-order valence-electron chi connectivity index (χ0n) is 11.4. The van der Waals surface area contributed by atoms with Crippen LogP contribution in [-0.4, -0.2) is 21.0 Å². The molecule has 0 atom stereocenters. The molecular weight excluding hydrogens is 280 g/mol. The average Bonchev–Trinajstić information content (AvgIpc) is 2.42. The van der Waals surface area contributed by atoms with Gasteiger partial charge in [0.25, 0.3) is 0 Å². The quantitative estimate of drug-likeness (QED) is 0.904. The van der Waals surface area contributed by atoms with Crippen molar-refractivity contribution in [3.63, 3.8) is 0 Å². The number of halogens is 2. The van der Waals surface area contributed by atoms with Crippen molar-refractivity contribution in [3.8, 4) is 0 Å². The Labute approximate surface area is 119 Å². The predicted octanol–water partition coefficient (Wildman–Crippen LogP) is 3.32. The van der Waals surface area contributed by atoms with Crippen molar-refractivity contribution >= 4 is 17.3 Å². The Morgan fingerprint density at radius 3 is 2.62 bits per heavy atom. The molecule has 2 rings (SSSR count). The Bertz CT molecular complexity index is 690. The molecule has 0 fully saturated rings. The van der Waals surface area contributed by atoms with E-state index < -0.39 is 17.6 Å². The van der Waals surface area contributed by atoms with Crippen molar-refractivity contribution in [2.24, 2.45) is 0 Å². The second-order valence-corrected chi connectivity index (χ2v) is 4.70. The third kappa shape index (κ3) is 3.31. The Balaban J connectivity index is 2.44. The first-order chi connectivity index (χ1) is 9.88. The van der Waals surface area contributed by atoms with E-state index in [2.05, 4.69) is 15.3 Å². The zero-order chi connectivity index (χ0) is 15.6. The van der Waals surface area contributed by atoms with Gasteiger partial charge in [-0.1, -0.05) is 13.8 Å². The summed E-state index contributed by atoms with van der Waals surface area (Å²) in [5.41, 5.74) is -0.479. The van der Waals surface area contributed by atoms with Gasteiger partial charge in [-0.15, -0.1) is 0 Å². The van der Waals surface area contributed by atoms with Crippen LogP contribution in [0, 0.1) is 11.6 Å². The van der Waals surface area contributed by atoms with E-state index >= 15 is 0 Å². The molecule has 0 saturated carbocycles. The second kappa shape index (κ2) is 5.82. The number of rotatable bonds is 4. The van der Waals surface area contributed by atoms with Crippen LogP contribution in [0.3, 0.4) is 0 Å². The zero-order valence-corrected chi connectivity index (χ0v) is 11.4. The molecule has 0 radical (unpaired) electrons. The highest BCUT2D eigenvalue weighted by Gasteiger charge is 2.17. The van der Waals surface area contributed by atoms with E-state index in [4.69, 9.17) is 0 Å². The van der Waals surface area contributed by atoms with Gasteiger partial charge in [0.05, 0.1) is 17.6 Å². The third-order valence-corrected chi connectivity index (χ3v) is 2.72. The molecule has 0 spiro atoms.